The Kier molecular flexibility index (Phi) is 18.3. The van der Waals surface area contributed by atoms with Gasteiger partial charge >= 0.3 is 0 Å². The van der Waals surface area contributed by atoms with Crippen molar-refractivity contribution in [3.8, 4) is 0 Å². The number of fused-ring (bicyclic) bond motifs is 20. The average molecular weight is 1190 g/mol. The van der Waals surface area contributed by atoms with E-state index in [0.29, 0.717) is 29.8 Å². The van der Waals surface area contributed by atoms with Gasteiger partial charge in [-0.15, -0.1) is 0 Å². The van der Waals surface area contributed by atoms with Gasteiger partial charge in [0.25, 0.3) is 0 Å². The maximum atomic E-state index is 13.8. The number of nitrogens with one attached hydrogen (secondary N) is 4. The van der Waals surface area contributed by atoms with E-state index >= 15 is 0 Å². The summed E-state index contributed by atoms with van der Waals surface area (Å²) in [5, 5.41) is 12.9. The van der Waals surface area contributed by atoms with Gasteiger partial charge in [0.05, 0.1) is 48.8 Å². The summed E-state index contributed by atoms with van der Waals surface area (Å²) in [6.07, 6.45) is 8.62. The molecule has 0 spiro atoms. The van der Waals surface area contributed by atoms with E-state index in [0.717, 1.165) is 94.2 Å². The Morgan fingerprint density at radius 1 is 0.307 bits per heavy atom. The highest BCUT2D eigenvalue weighted by molar-refractivity contribution is 5.50. The lowest BCUT2D eigenvalue weighted by atomic mass is 9.87. The number of hydrogen-bond donors (Lipinski definition) is 4. The third kappa shape index (κ3) is 12.5. The Bertz CT molecular complexity index is 3280. The number of ether oxygens (including phenoxy) is 4. The van der Waals surface area contributed by atoms with E-state index in [1.807, 2.05) is 46.4 Å². The summed E-state index contributed by atoms with van der Waals surface area (Å²) in [5.41, 5.74) is 21.9. The maximum Gasteiger partial charge on any atom is 0.123 e. The number of aryl methyl sites for hydroxylation is 1. The molecule has 8 aliphatic rings. The number of halogens is 3. The first-order valence-corrected chi connectivity index (χ1v) is 32.0. The van der Waals surface area contributed by atoms with Crippen molar-refractivity contribution in [3.63, 3.8) is 0 Å². The monoisotopic (exact) mass is 1180 g/mol. The molecule has 0 radical (unpaired) electrons. The van der Waals surface area contributed by atoms with Gasteiger partial charge in [0, 0.05) is 49.9 Å². The second-order valence-corrected chi connectivity index (χ2v) is 25.5. The van der Waals surface area contributed by atoms with Gasteiger partial charge in [-0.1, -0.05) is 139 Å². The highest BCUT2D eigenvalue weighted by Gasteiger charge is 2.44. The van der Waals surface area contributed by atoms with Gasteiger partial charge in [-0.3, -0.25) is 0 Å². The van der Waals surface area contributed by atoms with Gasteiger partial charge in [0.2, 0.25) is 0 Å². The third-order valence-corrected chi connectivity index (χ3v) is 19.8. The molecule has 4 aliphatic heterocycles. The predicted octanol–water partition coefficient (Wildman–Crippen LogP) is 14.4. The number of hydrogen-bond acceptors (Lipinski definition) is 8. The summed E-state index contributed by atoms with van der Waals surface area (Å²) in [6.45, 7) is 5.60. The van der Waals surface area contributed by atoms with Gasteiger partial charge < -0.3 is 40.2 Å². The molecule has 456 valence electrons. The zero-order valence-corrected chi connectivity index (χ0v) is 51.3. The second-order valence-electron chi connectivity index (χ2n) is 25.5. The molecule has 0 bridgehead atoms. The molecule has 4 N–H and O–H groups in total. The zero-order chi connectivity index (χ0) is 60.4. The molecule has 8 aromatic carbocycles. The summed E-state index contributed by atoms with van der Waals surface area (Å²) in [4.78, 5) is 0. The van der Waals surface area contributed by atoms with Crippen molar-refractivity contribution in [1.82, 2.24) is 21.3 Å². The topological polar surface area (TPSA) is 85.0 Å². The number of rotatable bonds is 8. The van der Waals surface area contributed by atoms with Crippen molar-refractivity contribution in [3.05, 3.63) is 282 Å². The van der Waals surface area contributed by atoms with Crippen LogP contribution in [0, 0.1) is 24.4 Å². The summed E-state index contributed by atoms with van der Waals surface area (Å²) in [6, 6.07) is 56.9. The largest absolute Gasteiger partial charge is 0.368 e. The van der Waals surface area contributed by atoms with Gasteiger partial charge in [0.1, 0.15) is 17.5 Å². The molecule has 12 atom stereocenters. The lowest BCUT2D eigenvalue weighted by Crippen LogP contribution is -2.23. The Morgan fingerprint density at radius 2 is 0.545 bits per heavy atom. The van der Waals surface area contributed by atoms with Crippen LogP contribution in [0.3, 0.4) is 0 Å². The Hall–Kier alpha value is -6.77. The van der Waals surface area contributed by atoms with Gasteiger partial charge in [-0.2, -0.15) is 0 Å². The maximum absolute atomic E-state index is 13.8. The molecule has 4 heterocycles. The molecule has 8 nitrogen and oxygen atoms in total. The van der Waals surface area contributed by atoms with Crippen LogP contribution in [-0.2, 0) is 44.6 Å². The number of benzene rings is 8. The summed E-state index contributed by atoms with van der Waals surface area (Å²) >= 11 is 0. The minimum absolute atomic E-state index is 0.0345. The third-order valence-electron chi connectivity index (χ3n) is 19.8. The fraction of sp³-hybridized carbons (Fsp3) is 0.377. The van der Waals surface area contributed by atoms with E-state index in [2.05, 4.69) is 143 Å². The van der Waals surface area contributed by atoms with Gasteiger partial charge in [-0.25, -0.2) is 13.2 Å². The van der Waals surface area contributed by atoms with Crippen molar-refractivity contribution in [2.24, 2.45) is 0 Å². The van der Waals surface area contributed by atoms with Crippen LogP contribution in [-0.4, -0.2) is 78.8 Å². The van der Waals surface area contributed by atoms with Crippen LogP contribution >= 0.6 is 0 Å². The minimum Gasteiger partial charge on any atom is -0.368 e. The normalized spacial score (nSPS) is 26.0. The van der Waals surface area contributed by atoms with Crippen LogP contribution < -0.4 is 21.3 Å². The van der Waals surface area contributed by atoms with E-state index in [4.69, 9.17) is 18.9 Å². The first-order chi connectivity index (χ1) is 43.0. The average Bonchev–Trinajstić information content (AvgIpc) is 2.35. The van der Waals surface area contributed by atoms with Crippen LogP contribution in [0.1, 0.15) is 168 Å². The minimum atomic E-state index is -0.177. The molecule has 0 saturated carbocycles. The first-order valence-electron chi connectivity index (χ1n) is 32.0. The van der Waals surface area contributed by atoms with Crippen LogP contribution in [0.2, 0.25) is 0 Å². The molecule has 88 heavy (non-hydrogen) atoms. The number of likely N-dealkylation sites (N-methyl/N-ethyl adjacent to an activating group) is 4. The van der Waals surface area contributed by atoms with Crippen molar-refractivity contribution in [2.75, 3.05) is 54.4 Å². The summed E-state index contributed by atoms with van der Waals surface area (Å²) < 4.78 is 66.7. The molecule has 0 amide bonds. The van der Waals surface area contributed by atoms with Gasteiger partial charge in [-0.05, 0) is 212 Å². The molecule has 8 aromatic rings. The molecule has 11 heteroatoms. The molecule has 0 aromatic heterocycles. The van der Waals surface area contributed by atoms with E-state index in [1.54, 1.807) is 36.4 Å². The quantitative estimate of drug-likeness (QED) is 0.120. The van der Waals surface area contributed by atoms with Crippen LogP contribution in [0.25, 0.3) is 0 Å². The lowest BCUT2D eigenvalue weighted by Gasteiger charge is -2.20. The van der Waals surface area contributed by atoms with E-state index in [9.17, 15) is 13.2 Å². The standard InChI is InChI=1S/C20H23NO.3C19H20FNO/c1-13-7-8-15-10-14-5-3-4-6-17(14)19-11-16(12-21-2)22-20(19)18(15)9-13;3*1-21-11-15-10-18-16-5-3-2-4-12(16)8-13-6-7-14(20)9-17(13)19(18)22-15/h3-9,16,19-21H,10-12H2,1-2H3;3*2-7,9,15,18-19,21H,8,10-11H2,1H3/t16-,19+,20+;15-,18+,19+;2*15-,18-,19-/m1010/s1. The second kappa shape index (κ2) is 26.7. The fourth-order valence-corrected chi connectivity index (χ4v) is 16.0. The van der Waals surface area contributed by atoms with E-state index in [-0.39, 0.29) is 60.2 Å². The molecule has 4 fully saturated rings. The smallest absolute Gasteiger partial charge is 0.123 e. The van der Waals surface area contributed by atoms with Crippen molar-refractivity contribution < 1.29 is 32.1 Å². The highest BCUT2D eigenvalue weighted by Crippen LogP contribution is 2.53. The van der Waals surface area contributed by atoms with E-state index in [1.165, 1.54) is 77.9 Å². The van der Waals surface area contributed by atoms with Crippen molar-refractivity contribution >= 4 is 0 Å². The Balaban J connectivity index is 0.000000108. The van der Waals surface area contributed by atoms with Crippen LogP contribution in [0.15, 0.2) is 170 Å². The van der Waals surface area contributed by atoms with Crippen molar-refractivity contribution in [2.45, 2.75) is 131 Å². The fourth-order valence-electron chi connectivity index (χ4n) is 16.0. The predicted molar refractivity (Wildman–Crippen MR) is 343 cm³/mol. The lowest BCUT2D eigenvalue weighted by molar-refractivity contribution is 0.0416. The van der Waals surface area contributed by atoms with Gasteiger partial charge in [0.15, 0.2) is 0 Å². The first kappa shape index (κ1) is 60.2. The molecular formula is C77H83F3N4O4. The van der Waals surface area contributed by atoms with Crippen molar-refractivity contribution in [1.29, 1.82) is 0 Å². The highest BCUT2D eigenvalue weighted by atomic mass is 19.1. The molecule has 4 aliphatic carbocycles. The van der Waals surface area contributed by atoms with E-state index < -0.39 is 0 Å². The Morgan fingerprint density at radius 3 is 0.818 bits per heavy atom. The molecule has 0 unspecified atom stereocenters. The van der Waals surface area contributed by atoms with Crippen LogP contribution in [0.5, 0.6) is 0 Å². The summed E-state index contributed by atoms with van der Waals surface area (Å²) in [7, 11) is 7.83. The summed E-state index contributed by atoms with van der Waals surface area (Å²) in [5.74, 6) is 0.905. The molecule has 16 rings (SSSR count). The molecule has 4 saturated heterocycles. The SMILES string of the molecule is CNC[C@@H]1C[C@@H]2c3ccccc3Cc3ccc(F)cc3[C@H]2O1.CNC[C@@H]1C[C@H]2c3ccccc3Cc3ccc(F)cc3[C@@H]2O1.CNC[C@H]1C[C@@H]2c3ccccc3Cc3ccc(F)cc3[C@H]2O1.CNC[C@H]1C[C@H]2c3ccccc3Cc3ccc(C)cc3[C@@H]2O1. The van der Waals surface area contributed by atoms with Crippen LogP contribution in [0.4, 0.5) is 13.2 Å². The zero-order valence-electron chi connectivity index (χ0n) is 51.3. The Labute approximate surface area is 518 Å². The molecular weight excluding hydrogens is 1100 g/mol.